The minimum atomic E-state index is -0.433. The number of fused-ring (bicyclic) bond motifs is 5. The van der Waals surface area contributed by atoms with Gasteiger partial charge in [-0.25, -0.2) is 0 Å². The van der Waals surface area contributed by atoms with Crippen molar-refractivity contribution in [3.63, 3.8) is 0 Å². The molecule has 0 atom stereocenters. The lowest BCUT2D eigenvalue weighted by Gasteiger charge is -2.19. The Morgan fingerprint density at radius 3 is 1.64 bits per heavy atom. The zero-order valence-corrected chi connectivity index (χ0v) is 20.8. The molecule has 0 aromatic heterocycles. The molecule has 0 unspecified atom stereocenters. The third-order valence-corrected chi connectivity index (χ3v) is 7.65. The highest BCUT2D eigenvalue weighted by Gasteiger charge is 2.25. The first-order valence-corrected chi connectivity index (χ1v) is 12.8. The van der Waals surface area contributed by atoms with Crippen LogP contribution in [0.1, 0.15) is 24.8 Å². The maximum Gasteiger partial charge on any atom is 0.0629 e. The van der Waals surface area contributed by atoms with Crippen LogP contribution >= 0.6 is 0 Å². The van der Waals surface area contributed by atoms with Crippen molar-refractivity contribution in [3.8, 4) is 44.5 Å². The molecule has 0 saturated carbocycles. The van der Waals surface area contributed by atoms with Crippen molar-refractivity contribution in [3.05, 3.63) is 156 Å². The molecule has 1 aliphatic rings. The molecular formula is C39H26. The lowest BCUT2D eigenvalue weighted by molar-refractivity contribution is 1.26. The van der Waals surface area contributed by atoms with Gasteiger partial charge in [-0.05, 0) is 83.6 Å². The second-order valence-electron chi connectivity index (χ2n) is 9.73. The third-order valence-electron chi connectivity index (χ3n) is 7.65. The van der Waals surface area contributed by atoms with Crippen LogP contribution in [-0.2, 0) is 6.42 Å². The van der Waals surface area contributed by atoms with E-state index in [2.05, 4.69) is 12.1 Å². The van der Waals surface area contributed by atoms with Crippen LogP contribution in [0.15, 0.2) is 145 Å². The topological polar surface area (TPSA) is 0 Å². The fraction of sp³-hybridized carbons (Fsp3) is 0.0256. The van der Waals surface area contributed by atoms with Crippen molar-refractivity contribution < 1.29 is 13.7 Å². The fourth-order valence-corrected chi connectivity index (χ4v) is 6.08. The molecule has 0 nitrogen and oxygen atoms in total. The van der Waals surface area contributed by atoms with Gasteiger partial charge in [0.1, 0.15) is 0 Å². The molecule has 7 aromatic rings. The molecule has 0 spiro atoms. The van der Waals surface area contributed by atoms with Crippen LogP contribution in [0.4, 0.5) is 0 Å². The van der Waals surface area contributed by atoms with Gasteiger partial charge in [0, 0.05) is 0 Å². The summed E-state index contributed by atoms with van der Waals surface area (Å²) in [5.74, 6) is 0. The molecule has 0 amide bonds. The van der Waals surface area contributed by atoms with Gasteiger partial charge in [-0.1, -0.05) is 145 Å². The van der Waals surface area contributed by atoms with E-state index in [1.807, 2.05) is 72.8 Å². The van der Waals surface area contributed by atoms with Crippen LogP contribution in [0, 0.1) is 0 Å². The van der Waals surface area contributed by atoms with Gasteiger partial charge < -0.3 is 0 Å². The van der Waals surface area contributed by atoms with E-state index >= 15 is 0 Å². The molecule has 0 bridgehead atoms. The molecule has 182 valence electrons. The van der Waals surface area contributed by atoms with Crippen molar-refractivity contribution in [2.75, 3.05) is 0 Å². The lowest BCUT2D eigenvalue weighted by Crippen LogP contribution is -1.93. The molecule has 0 N–H and O–H groups in total. The van der Waals surface area contributed by atoms with Gasteiger partial charge in [0.15, 0.2) is 0 Å². The van der Waals surface area contributed by atoms with Gasteiger partial charge in [-0.3, -0.25) is 0 Å². The summed E-state index contributed by atoms with van der Waals surface area (Å²) in [6.07, 6.45) is 0.599. The average molecular weight is 505 g/mol. The molecule has 0 aliphatic heterocycles. The monoisotopic (exact) mass is 504 g/mol. The van der Waals surface area contributed by atoms with Crippen molar-refractivity contribution in [1.82, 2.24) is 0 Å². The van der Waals surface area contributed by atoms with Crippen LogP contribution in [-0.4, -0.2) is 0 Å². The summed E-state index contributed by atoms with van der Waals surface area (Å²) in [6.45, 7) is 0. The zero-order chi connectivity index (χ0) is 34.5. The second-order valence-corrected chi connectivity index (χ2v) is 9.73. The van der Waals surface area contributed by atoms with Gasteiger partial charge >= 0.3 is 0 Å². The van der Waals surface area contributed by atoms with E-state index in [0.717, 1.165) is 54.9 Å². The van der Waals surface area contributed by atoms with E-state index in [1.165, 1.54) is 0 Å². The average Bonchev–Trinajstić information content (AvgIpc) is 3.50. The molecule has 0 heteroatoms. The van der Waals surface area contributed by atoms with E-state index in [-0.39, 0.29) is 59.5 Å². The first kappa shape index (κ1) is 14.3. The lowest BCUT2D eigenvalue weighted by atomic mass is 9.83. The Labute approximate surface area is 242 Å². The highest BCUT2D eigenvalue weighted by molar-refractivity contribution is 6.22. The quantitative estimate of drug-likeness (QED) is 0.210. The number of hydrogen-bond acceptors (Lipinski definition) is 0. The maximum atomic E-state index is 8.84. The van der Waals surface area contributed by atoms with Crippen LogP contribution in [0.5, 0.6) is 0 Å². The smallest absolute Gasteiger partial charge is 0.0622 e. The molecule has 0 radical (unpaired) electrons. The van der Waals surface area contributed by atoms with E-state index in [9.17, 15) is 0 Å². The van der Waals surface area contributed by atoms with Crippen LogP contribution in [0.2, 0.25) is 0 Å². The summed E-state index contributed by atoms with van der Waals surface area (Å²) in [7, 11) is 0. The zero-order valence-electron chi connectivity index (χ0n) is 30.8. The maximum absolute atomic E-state index is 8.84. The van der Waals surface area contributed by atoms with Crippen molar-refractivity contribution in [1.29, 1.82) is 0 Å². The highest BCUT2D eigenvalue weighted by Crippen LogP contribution is 2.49. The predicted octanol–water partition coefficient (Wildman–Crippen LogP) is 10.6. The van der Waals surface area contributed by atoms with Crippen molar-refractivity contribution >= 4 is 21.5 Å². The van der Waals surface area contributed by atoms with E-state index in [1.54, 1.807) is 0 Å². The Morgan fingerprint density at radius 1 is 0.410 bits per heavy atom. The molecule has 1 aliphatic carbocycles. The first-order chi connectivity index (χ1) is 23.5. The van der Waals surface area contributed by atoms with Gasteiger partial charge in [0.25, 0.3) is 0 Å². The largest absolute Gasteiger partial charge is 0.0629 e. The Kier molecular flexibility index (Phi) is 3.23. The number of hydrogen-bond donors (Lipinski definition) is 0. The number of rotatable bonds is 3. The van der Waals surface area contributed by atoms with Gasteiger partial charge in [0.05, 0.1) is 13.7 Å². The minimum Gasteiger partial charge on any atom is -0.0622 e. The summed E-state index contributed by atoms with van der Waals surface area (Å²) < 4.78 is 84.0. The molecule has 8 rings (SSSR count). The third kappa shape index (κ3) is 3.46. The van der Waals surface area contributed by atoms with E-state index in [4.69, 9.17) is 13.7 Å². The van der Waals surface area contributed by atoms with Gasteiger partial charge in [-0.15, -0.1) is 0 Å². The van der Waals surface area contributed by atoms with Gasteiger partial charge in [0.2, 0.25) is 0 Å². The Morgan fingerprint density at radius 2 is 1.00 bits per heavy atom. The second kappa shape index (κ2) is 8.82. The fourth-order valence-electron chi connectivity index (χ4n) is 6.08. The summed E-state index contributed by atoms with van der Waals surface area (Å²) in [6, 6.07) is 24.1. The molecule has 0 fully saturated rings. The molecule has 39 heavy (non-hydrogen) atoms. The highest BCUT2D eigenvalue weighted by atomic mass is 14.3. The predicted molar refractivity (Wildman–Crippen MR) is 166 cm³/mol. The Balaban J connectivity index is 1.41. The van der Waals surface area contributed by atoms with Crippen LogP contribution in [0.3, 0.4) is 0 Å². The summed E-state index contributed by atoms with van der Waals surface area (Å²) in [4.78, 5) is 0. The van der Waals surface area contributed by atoms with E-state index < -0.39 is 12.1 Å². The Bertz CT molecular complexity index is 2470. The van der Waals surface area contributed by atoms with Gasteiger partial charge in [-0.2, -0.15) is 0 Å². The molecule has 7 aromatic carbocycles. The summed E-state index contributed by atoms with van der Waals surface area (Å²) in [5.41, 5.74) is 7.52. The van der Waals surface area contributed by atoms with Crippen LogP contribution < -0.4 is 0 Å². The SMILES string of the molecule is [2H]c1c([2H])c([2H])c(-c2ccc3c(c2)Cc2cccc(-c4c5ccccc5c(-c5c([2H])c([2H])c([2H])c([2H])c5[2H])c5ccccc45)c2-3)c([2H])c1[2H]. The minimum absolute atomic E-state index is 0.161. The van der Waals surface area contributed by atoms with Crippen molar-refractivity contribution in [2.24, 2.45) is 0 Å². The summed E-state index contributed by atoms with van der Waals surface area (Å²) >= 11 is 0. The Hall–Kier alpha value is -4.94. The first-order valence-electron chi connectivity index (χ1n) is 17.8. The number of benzene rings is 7. The summed E-state index contributed by atoms with van der Waals surface area (Å²) in [5, 5.41) is 3.28. The normalized spacial score (nSPS) is 15.6. The molecule has 0 saturated heterocycles. The van der Waals surface area contributed by atoms with Crippen LogP contribution in [0.25, 0.3) is 66.1 Å². The standard InChI is InChI=1S/C39H26/c1-3-12-26(13-4-1)28-22-23-31-30(24-28)25-29-16-11-21-36(38(29)31)39-34-19-9-7-17-32(34)37(27-14-5-2-6-15-27)33-18-8-10-20-35(33)39/h1-24H,25H2/i1D,2D,3D,4D,5D,6D,12D,13D,14D,15D. The molecular weight excluding hydrogens is 468 g/mol. The van der Waals surface area contributed by atoms with Crippen molar-refractivity contribution in [2.45, 2.75) is 6.42 Å². The van der Waals surface area contributed by atoms with E-state index in [0.29, 0.717) is 17.5 Å². The molecule has 0 heterocycles.